The van der Waals surface area contributed by atoms with Crippen LogP contribution in [0.5, 0.6) is 5.75 Å². The normalized spacial score (nSPS) is 11.9. The second kappa shape index (κ2) is 12.7. The van der Waals surface area contributed by atoms with Crippen molar-refractivity contribution in [2.45, 2.75) is 31.3 Å². The van der Waals surface area contributed by atoms with Crippen molar-refractivity contribution in [3.63, 3.8) is 0 Å². The van der Waals surface area contributed by atoms with Gasteiger partial charge in [-0.1, -0.05) is 35.9 Å². The van der Waals surface area contributed by atoms with E-state index in [-0.39, 0.29) is 29.5 Å². The number of rotatable bonds is 11. The van der Waals surface area contributed by atoms with E-state index in [1.165, 1.54) is 73.5 Å². The number of sulfonamides is 1. The molecular formula is C27H29ClFN3O5S. The van der Waals surface area contributed by atoms with Gasteiger partial charge in [0.05, 0.1) is 17.2 Å². The van der Waals surface area contributed by atoms with Crippen molar-refractivity contribution < 1.29 is 27.1 Å². The number of amides is 2. The molecule has 3 aromatic carbocycles. The summed E-state index contributed by atoms with van der Waals surface area (Å²) in [6.45, 7) is 2.89. The Hall–Kier alpha value is -3.63. The zero-order valence-electron chi connectivity index (χ0n) is 21.2. The lowest BCUT2D eigenvalue weighted by Gasteiger charge is -2.32. The molecule has 0 saturated heterocycles. The Morgan fingerprint density at radius 3 is 2.26 bits per heavy atom. The molecule has 1 N–H and O–H groups in total. The molecule has 2 amide bonds. The minimum Gasteiger partial charge on any atom is -0.492 e. The van der Waals surface area contributed by atoms with Gasteiger partial charge in [0.1, 0.15) is 24.2 Å². The average Bonchev–Trinajstić information content (AvgIpc) is 2.91. The van der Waals surface area contributed by atoms with Crippen LogP contribution in [0, 0.1) is 5.82 Å². The summed E-state index contributed by atoms with van der Waals surface area (Å²) in [7, 11) is -2.83. The minimum absolute atomic E-state index is 0.0460. The third kappa shape index (κ3) is 6.81. The van der Waals surface area contributed by atoms with Crippen molar-refractivity contribution >= 4 is 39.1 Å². The molecule has 0 bridgehead atoms. The molecule has 0 aliphatic carbocycles. The summed E-state index contributed by atoms with van der Waals surface area (Å²) in [5.41, 5.74) is 0.726. The van der Waals surface area contributed by atoms with Crippen molar-refractivity contribution in [2.75, 3.05) is 24.5 Å². The predicted molar refractivity (Wildman–Crippen MR) is 144 cm³/mol. The number of hydrogen-bond acceptors (Lipinski definition) is 5. The lowest BCUT2D eigenvalue weighted by Crippen LogP contribution is -2.50. The van der Waals surface area contributed by atoms with Crippen LogP contribution in [0.3, 0.4) is 0 Å². The Kier molecular flexibility index (Phi) is 9.71. The SMILES string of the molecule is CCOc1ccccc1N(CC(=O)N(Cc1ccc(F)cc1)[C@H](C)C(=O)NC)S(=O)(=O)c1ccc(Cl)cc1. The lowest BCUT2D eigenvalue weighted by atomic mass is 10.1. The van der Waals surface area contributed by atoms with E-state index in [0.717, 1.165) is 4.31 Å². The first-order chi connectivity index (χ1) is 18.1. The highest BCUT2D eigenvalue weighted by molar-refractivity contribution is 7.92. The summed E-state index contributed by atoms with van der Waals surface area (Å²) in [4.78, 5) is 27.5. The quantitative estimate of drug-likeness (QED) is 0.378. The number of nitrogens with one attached hydrogen (secondary N) is 1. The van der Waals surface area contributed by atoms with E-state index >= 15 is 0 Å². The van der Waals surface area contributed by atoms with Crippen LogP contribution in [0.15, 0.2) is 77.7 Å². The van der Waals surface area contributed by atoms with Crippen molar-refractivity contribution in [3.8, 4) is 5.75 Å². The molecule has 0 aromatic heterocycles. The maximum atomic E-state index is 13.8. The van der Waals surface area contributed by atoms with Gasteiger partial charge < -0.3 is 15.0 Å². The molecule has 0 unspecified atom stereocenters. The van der Waals surface area contributed by atoms with E-state index in [9.17, 15) is 22.4 Å². The van der Waals surface area contributed by atoms with Gasteiger partial charge in [0.15, 0.2) is 0 Å². The van der Waals surface area contributed by atoms with Crippen LogP contribution < -0.4 is 14.4 Å². The first-order valence-electron chi connectivity index (χ1n) is 11.8. The maximum Gasteiger partial charge on any atom is 0.264 e. The number of anilines is 1. The highest BCUT2D eigenvalue weighted by Gasteiger charge is 2.33. The molecule has 0 heterocycles. The molecule has 0 aliphatic rings. The van der Waals surface area contributed by atoms with Gasteiger partial charge in [-0.25, -0.2) is 12.8 Å². The minimum atomic E-state index is -4.27. The van der Waals surface area contributed by atoms with Gasteiger partial charge in [-0.05, 0) is 67.9 Å². The standard InChI is InChI=1S/C27H29ClFN3O5S/c1-4-37-25-8-6-5-7-24(25)32(38(35,36)23-15-11-21(28)12-16-23)18-26(33)31(19(2)27(34)30-3)17-20-9-13-22(29)14-10-20/h5-16,19H,4,17-18H2,1-3H3,(H,30,34)/t19-/m1/s1. The lowest BCUT2D eigenvalue weighted by molar-refractivity contribution is -0.139. The highest BCUT2D eigenvalue weighted by Crippen LogP contribution is 2.33. The number of likely N-dealkylation sites (N-methyl/N-ethyl adjacent to an activating group) is 1. The molecule has 1 atom stereocenters. The fourth-order valence-corrected chi connectivity index (χ4v) is 5.32. The number of carbonyl (C=O) groups excluding carboxylic acids is 2. The average molecular weight is 562 g/mol. The number of para-hydroxylation sites is 2. The van der Waals surface area contributed by atoms with E-state index in [0.29, 0.717) is 10.6 Å². The molecule has 0 fully saturated rings. The van der Waals surface area contributed by atoms with Crippen molar-refractivity contribution in [1.29, 1.82) is 0 Å². The van der Waals surface area contributed by atoms with E-state index < -0.39 is 40.2 Å². The van der Waals surface area contributed by atoms with Crippen LogP contribution in [0.2, 0.25) is 5.02 Å². The molecule has 0 radical (unpaired) electrons. The second-order valence-electron chi connectivity index (χ2n) is 8.30. The van der Waals surface area contributed by atoms with Crippen LogP contribution in [0.4, 0.5) is 10.1 Å². The smallest absolute Gasteiger partial charge is 0.264 e. The molecular weight excluding hydrogens is 533 g/mol. The molecule has 3 rings (SSSR count). The van der Waals surface area contributed by atoms with Gasteiger partial charge in [-0.2, -0.15) is 0 Å². The van der Waals surface area contributed by atoms with Gasteiger partial charge in [-0.15, -0.1) is 0 Å². The number of benzene rings is 3. The largest absolute Gasteiger partial charge is 0.492 e. The van der Waals surface area contributed by atoms with Gasteiger partial charge in [0.2, 0.25) is 11.8 Å². The van der Waals surface area contributed by atoms with Crippen molar-refractivity contribution in [1.82, 2.24) is 10.2 Å². The summed E-state index contributed by atoms with van der Waals surface area (Å²) < 4.78 is 47.8. The Bertz CT molecular complexity index is 1370. The highest BCUT2D eigenvalue weighted by atomic mass is 35.5. The zero-order chi connectivity index (χ0) is 27.9. The predicted octanol–water partition coefficient (Wildman–Crippen LogP) is 4.24. The summed E-state index contributed by atoms with van der Waals surface area (Å²) in [6, 6.07) is 16.6. The third-order valence-corrected chi connectivity index (χ3v) is 7.82. The Balaban J connectivity index is 2.08. The van der Waals surface area contributed by atoms with Crippen LogP contribution in [-0.4, -0.2) is 51.4 Å². The van der Waals surface area contributed by atoms with Gasteiger partial charge in [-0.3, -0.25) is 13.9 Å². The Labute approximate surface area is 227 Å². The molecule has 202 valence electrons. The fraction of sp³-hybridized carbons (Fsp3) is 0.259. The zero-order valence-corrected chi connectivity index (χ0v) is 22.8. The van der Waals surface area contributed by atoms with Gasteiger partial charge >= 0.3 is 0 Å². The van der Waals surface area contributed by atoms with Gasteiger partial charge in [0, 0.05) is 18.6 Å². The molecule has 38 heavy (non-hydrogen) atoms. The molecule has 0 aliphatic heterocycles. The molecule has 11 heteroatoms. The third-order valence-electron chi connectivity index (χ3n) is 5.79. The van der Waals surface area contributed by atoms with Crippen LogP contribution in [-0.2, 0) is 26.2 Å². The number of carbonyl (C=O) groups is 2. The van der Waals surface area contributed by atoms with E-state index in [2.05, 4.69) is 5.32 Å². The molecule has 3 aromatic rings. The maximum absolute atomic E-state index is 13.8. The monoisotopic (exact) mass is 561 g/mol. The first kappa shape index (κ1) is 28.9. The topological polar surface area (TPSA) is 96.0 Å². The van der Waals surface area contributed by atoms with Crippen LogP contribution >= 0.6 is 11.6 Å². The van der Waals surface area contributed by atoms with Crippen molar-refractivity contribution in [2.24, 2.45) is 0 Å². The second-order valence-corrected chi connectivity index (χ2v) is 10.6. The van der Waals surface area contributed by atoms with E-state index in [4.69, 9.17) is 16.3 Å². The van der Waals surface area contributed by atoms with Crippen molar-refractivity contribution in [3.05, 3.63) is 89.2 Å². The summed E-state index contributed by atoms with van der Waals surface area (Å²) in [5.74, 6) is -1.26. The van der Waals surface area contributed by atoms with E-state index in [1.807, 2.05) is 0 Å². The fourth-order valence-electron chi connectivity index (χ4n) is 3.77. The number of halogens is 2. The Morgan fingerprint density at radius 2 is 1.66 bits per heavy atom. The Morgan fingerprint density at radius 1 is 1.03 bits per heavy atom. The van der Waals surface area contributed by atoms with Gasteiger partial charge in [0.25, 0.3) is 10.0 Å². The van der Waals surface area contributed by atoms with Crippen LogP contribution in [0.1, 0.15) is 19.4 Å². The molecule has 0 saturated carbocycles. The summed E-state index contributed by atoms with van der Waals surface area (Å²) in [5, 5.41) is 2.86. The number of nitrogens with zero attached hydrogens (tertiary/aromatic N) is 2. The number of ether oxygens (including phenoxy) is 1. The first-order valence-corrected chi connectivity index (χ1v) is 13.7. The summed E-state index contributed by atoms with van der Waals surface area (Å²) in [6.07, 6.45) is 0. The van der Waals surface area contributed by atoms with Crippen LogP contribution in [0.25, 0.3) is 0 Å². The molecule has 8 nitrogen and oxygen atoms in total. The molecule has 0 spiro atoms. The summed E-state index contributed by atoms with van der Waals surface area (Å²) >= 11 is 5.97. The number of hydrogen-bond donors (Lipinski definition) is 1. The van der Waals surface area contributed by atoms with E-state index in [1.54, 1.807) is 25.1 Å².